The van der Waals surface area contributed by atoms with E-state index in [1.807, 2.05) is 21.1 Å². The summed E-state index contributed by atoms with van der Waals surface area (Å²) >= 11 is 0. The van der Waals surface area contributed by atoms with Crippen molar-refractivity contribution in [1.82, 2.24) is 0 Å². The van der Waals surface area contributed by atoms with E-state index in [-0.39, 0.29) is 42.7 Å². The summed E-state index contributed by atoms with van der Waals surface area (Å²) < 4.78 is 17.1. The summed E-state index contributed by atoms with van der Waals surface area (Å²) in [5, 5.41) is 9.59. The fourth-order valence-electron chi connectivity index (χ4n) is 5.03. The first-order valence-corrected chi connectivity index (χ1v) is 19.6. The molecule has 294 valence electrons. The fraction of sp³-hybridized carbons (Fsp3) is 0.614. The molecule has 8 heteroatoms. The molecule has 0 aromatic carbocycles. The van der Waals surface area contributed by atoms with Crippen LogP contribution in [0.15, 0.2) is 85.1 Å². The number of hydrogen-bond acceptors (Lipinski definition) is 6. The molecule has 1 N–H and O–H groups in total. The second-order valence-corrected chi connectivity index (χ2v) is 13.8. The third-order valence-corrected chi connectivity index (χ3v) is 8.04. The van der Waals surface area contributed by atoms with Gasteiger partial charge in [0.05, 0.1) is 34.4 Å². The largest absolute Gasteiger partial charge is 0.477 e. The lowest BCUT2D eigenvalue weighted by molar-refractivity contribution is -0.887. The van der Waals surface area contributed by atoms with Crippen LogP contribution in [0.3, 0.4) is 0 Å². The lowest BCUT2D eigenvalue weighted by Gasteiger charge is -2.31. The van der Waals surface area contributed by atoms with Gasteiger partial charge in [-0.05, 0) is 83.5 Å². The second-order valence-electron chi connectivity index (χ2n) is 13.8. The van der Waals surface area contributed by atoms with Crippen LogP contribution in [0.5, 0.6) is 0 Å². The molecule has 0 aliphatic carbocycles. The molecule has 0 heterocycles. The number of likely N-dealkylation sites (N-methyl/N-ethyl adjacent to an activating group) is 1. The molecule has 2 atom stereocenters. The Hall–Kier alpha value is -3.49. The summed E-state index contributed by atoms with van der Waals surface area (Å²) in [5.74, 6) is -1.58. The molecule has 0 aromatic rings. The Morgan fingerprint density at radius 2 is 1.02 bits per heavy atom. The number of carboxylic acid groups (broad SMARTS) is 1. The SMILES string of the molecule is CC/C=C/C/C=C/C/C=C/C/C=C/CCCCCC(=O)OC(COCCC(C(=O)O)[N+](C)(C)C)COC(=O)CCCC/C=C/C/C=C/C/C=C/CC. The monoisotopic (exact) mass is 727 g/mol. The average Bonchev–Trinajstić information content (AvgIpc) is 3.09. The Morgan fingerprint density at radius 1 is 0.577 bits per heavy atom. The van der Waals surface area contributed by atoms with Gasteiger partial charge in [-0.1, -0.05) is 105 Å². The Balaban J connectivity index is 4.55. The van der Waals surface area contributed by atoms with Crippen molar-refractivity contribution in [3.05, 3.63) is 85.1 Å². The average molecular weight is 727 g/mol. The number of nitrogens with zero attached hydrogens (tertiary/aromatic N) is 1. The van der Waals surface area contributed by atoms with Gasteiger partial charge in [0.15, 0.2) is 12.1 Å². The summed E-state index contributed by atoms with van der Waals surface area (Å²) in [6, 6.07) is -0.630. The highest BCUT2D eigenvalue weighted by atomic mass is 16.6. The first-order valence-electron chi connectivity index (χ1n) is 19.6. The third kappa shape index (κ3) is 32.4. The van der Waals surface area contributed by atoms with E-state index in [1.165, 1.54) is 0 Å². The number of carboxylic acids is 1. The molecule has 0 fully saturated rings. The van der Waals surface area contributed by atoms with Crippen LogP contribution < -0.4 is 0 Å². The number of esters is 2. The van der Waals surface area contributed by atoms with Gasteiger partial charge in [-0.2, -0.15) is 0 Å². The van der Waals surface area contributed by atoms with Crippen LogP contribution in [0.2, 0.25) is 0 Å². The van der Waals surface area contributed by atoms with Gasteiger partial charge in [0.2, 0.25) is 0 Å². The number of rotatable bonds is 33. The molecule has 0 bridgehead atoms. The fourth-order valence-corrected chi connectivity index (χ4v) is 5.03. The van der Waals surface area contributed by atoms with Crippen LogP contribution in [0.1, 0.15) is 123 Å². The molecule has 0 aliphatic heterocycles. The van der Waals surface area contributed by atoms with E-state index in [0.29, 0.717) is 25.7 Å². The summed E-state index contributed by atoms with van der Waals surface area (Å²) in [5.41, 5.74) is 0. The van der Waals surface area contributed by atoms with E-state index < -0.39 is 18.1 Å². The molecule has 0 saturated heterocycles. The van der Waals surface area contributed by atoms with Gasteiger partial charge in [0, 0.05) is 19.3 Å². The second kappa shape index (κ2) is 34.6. The van der Waals surface area contributed by atoms with Crippen LogP contribution in [0.4, 0.5) is 0 Å². The summed E-state index contributed by atoms with van der Waals surface area (Å²) in [6.45, 7) is 4.39. The highest BCUT2D eigenvalue weighted by Gasteiger charge is 2.31. The molecule has 0 aliphatic rings. The molecular weight excluding hydrogens is 654 g/mol. The Morgan fingerprint density at radius 3 is 1.50 bits per heavy atom. The molecule has 8 nitrogen and oxygen atoms in total. The minimum atomic E-state index is -0.891. The Labute approximate surface area is 316 Å². The van der Waals surface area contributed by atoms with Gasteiger partial charge in [0.25, 0.3) is 0 Å². The van der Waals surface area contributed by atoms with Crippen molar-refractivity contribution in [2.24, 2.45) is 0 Å². The lowest BCUT2D eigenvalue weighted by Crippen LogP contribution is -2.50. The number of ether oxygens (including phenoxy) is 3. The van der Waals surface area contributed by atoms with Crippen LogP contribution in [-0.4, -0.2) is 80.6 Å². The molecule has 0 saturated carbocycles. The Bertz CT molecular complexity index is 1120. The number of quaternary nitrogens is 1. The lowest BCUT2D eigenvalue weighted by atomic mass is 10.1. The number of hydrogen-bond donors (Lipinski definition) is 1. The van der Waals surface area contributed by atoms with E-state index in [9.17, 15) is 19.5 Å². The number of unbranched alkanes of at least 4 members (excludes halogenated alkanes) is 5. The number of allylic oxidation sites excluding steroid dienone is 14. The van der Waals surface area contributed by atoms with Crippen molar-refractivity contribution >= 4 is 17.9 Å². The number of carbonyl (C=O) groups excluding carboxylic acids is 2. The molecular formula is C44H72NO7+. The third-order valence-electron chi connectivity index (χ3n) is 8.04. The first-order chi connectivity index (χ1) is 25.1. The smallest absolute Gasteiger partial charge is 0.362 e. The van der Waals surface area contributed by atoms with Crippen LogP contribution in [-0.2, 0) is 28.6 Å². The normalized spacial score (nSPS) is 13.9. The Kier molecular flexibility index (Phi) is 32.3. The van der Waals surface area contributed by atoms with Crippen molar-refractivity contribution in [1.29, 1.82) is 0 Å². The van der Waals surface area contributed by atoms with Crippen molar-refractivity contribution in [2.45, 2.75) is 135 Å². The van der Waals surface area contributed by atoms with Gasteiger partial charge in [-0.15, -0.1) is 0 Å². The van der Waals surface area contributed by atoms with Gasteiger partial charge < -0.3 is 23.8 Å². The van der Waals surface area contributed by atoms with Gasteiger partial charge in [-0.3, -0.25) is 9.59 Å². The molecule has 0 spiro atoms. The van der Waals surface area contributed by atoms with Crippen molar-refractivity contribution < 1.29 is 38.2 Å². The quantitative estimate of drug-likeness (QED) is 0.0311. The topological polar surface area (TPSA) is 99.1 Å². The predicted molar refractivity (Wildman–Crippen MR) is 215 cm³/mol. The van der Waals surface area contributed by atoms with Crippen LogP contribution >= 0.6 is 0 Å². The van der Waals surface area contributed by atoms with E-state index in [4.69, 9.17) is 14.2 Å². The first kappa shape index (κ1) is 48.5. The summed E-state index contributed by atoms with van der Waals surface area (Å²) in [7, 11) is 5.48. The summed E-state index contributed by atoms with van der Waals surface area (Å²) in [4.78, 5) is 36.8. The highest BCUT2D eigenvalue weighted by Crippen LogP contribution is 2.11. The van der Waals surface area contributed by atoms with Crippen molar-refractivity contribution in [2.75, 3.05) is 41.0 Å². The van der Waals surface area contributed by atoms with Crippen molar-refractivity contribution in [3.63, 3.8) is 0 Å². The van der Waals surface area contributed by atoms with Gasteiger partial charge >= 0.3 is 17.9 Å². The van der Waals surface area contributed by atoms with Crippen molar-refractivity contribution in [3.8, 4) is 0 Å². The predicted octanol–water partition coefficient (Wildman–Crippen LogP) is 10.2. The molecule has 52 heavy (non-hydrogen) atoms. The van der Waals surface area contributed by atoms with Gasteiger partial charge in [-0.25, -0.2) is 4.79 Å². The highest BCUT2D eigenvalue weighted by molar-refractivity contribution is 5.72. The van der Waals surface area contributed by atoms with E-state index in [2.05, 4.69) is 98.9 Å². The molecule has 0 aromatic heterocycles. The maximum absolute atomic E-state index is 12.7. The zero-order chi connectivity index (χ0) is 38.5. The molecule has 0 rings (SSSR count). The zero-order valence-electron chi connectivity index (χ0n) is 33.2. The minimum Gasteiger partial charge on any atom is -0.477 e. The van der Waals surface area contributed by atoms with Gasteiger partial charge in [0.1, 0.15) is 6.61 Å². The number of aliphatic carboxylic acids is 1. The maximum atomic E-state index is 12.7. The standard InChI is InChI=1S/C44H71NO7/c1-6-8-10-12-14-16-18-20-21-22-23-25-27-29-31-33-35-43(47)52-40(38-50-37-36-41(44(48)49)45(3,4)5)39-51-42(46)34-32-30-28-26-24-19-17-15-13-11-9-7-2/h8-11,14-17,20-21,23-26,40-41H,6-7,12-13,18-19,22,27-39H2,1-5H3/p+1/b10-8+,11-9+,16-14+,17-15+,21-20+,25-23+,26-24+. The van der Waals surface area contributed by atoms with E-state index in [0.717, 1.165) is 77.0 Å². The minimum absolute atomic E-state index is 0.0302. The van der Waals surface area contributed by atoms with E-state index >= 15 is 0 Å². The zero-order valence-corrected chi connectivity index (χ0v) is 33.2. The maximum Gasteiger partial charge on any atom is 0.362 e. The number of carbonyl (C=O) groups is 3. The molecule has 0 amide bonds. The molecule has 0 radical (unpaired) electrons. The van der Waals surface area contributed by atoms with Crippen LogP contribution in [0, 0.1) is 0 Å². The molecule has 2 unspecified atom stereocenters. The van der Waals surface area contributed by atoms with Crippen LogP contribution in [0.25, 0.3) is 0 Å². The van der Waals surface area contributed by atoms with E-state index in [1.54, 1.807) is 0 Å². The summed E-state index contributed by atoms with van der Waals surface area (Å²) in [6.07, 6.45) is 43.5.